The number of aliphatic hydroxyl groups is 1. The first kappa shape index (κ1) is 10.5. The lowest BCUT2D eigenvalue weighted by Gasteiger charge is -2.36. The van der Waals surface area contributed by atoms with Crippen LogP contribution in [0.25, 0.3) is 0 Å². The molecule has 5 atom stereocenters. The standard InChI is InChI=1S/C13H24O/c1-9-6-7-11(8-10(9)2)12-4-3-5-13(12)14/h9-14H,3-8H2,1-2H3. The molecular formula is C13H24O. The highest BCUT2D eigenvalue weighted by molar-refractivity contribution is 4.86. The Bertz CT molecular complexity index is 190. The van der Waals surface area contributed by atoms with Crippen molar-refractivity contribution in [1.29, 1.82) is 0 Å². The summed E-state index contributed by atoms with van der Waals surface area (Å²) in [5.74, 6) is 3.26. The largest absolute Gasteiger partial charge is 0.393 e. The van der Waals surface area contributed by atoms with E-state index in [2.05, 4.69) is 13.8 Å². The highest BCUT2D eigenvalue weighted by Crippen LogP contribution is 2.42. The van der Waals surface area contributed by atoms with Crippen molar-refractivity contribution in [3.05, 3.63) is 0 Å². The molecule has 2 aliphatic rings. The molecule has 0 heterocycles. The lowest BCUT2D eigenvalue weighted by atomic mass is 9.70. The van der Waals surface area contributed by atoms with E-state index in [9.17, 15) is 5.11 Å². The van der Waals surface area contributed by atoms with E-state index in [0.717, 1.165) is 24.2 Å². The zero-order valence-electron chi connectivity index (χ0n) is 9.58. The predicted molar refractivity (Wildman–Crippen MR) is 59.0 cm³/mol. The van der Waals surface area contributed by atoms with E-state index in [1.165, 1.54) is 32.1 Å². The number of aliphatic hydroxyl groups excluding tert-OH is 1. The van der Waals surface area contributed by atoms with E-state index in [4.69, 9.17) is 0 Å². The van der Waals surface area contributed by atoms with E-state index >= 15 is 0 Å². The maximum Gasteiger partial charge on any atom is 0.0571 e. The van der Waals surface area contributed by atoms with Crippen molar-refractivity contribution >= 4 is 0 Å². The molecule has 82 valence electrons. The molecule has 1 N–H and O–H groups in total. The van der Waals surface area contributed by atoms with E-state index in [1.54, 1.807) is 0 Å². The van der Waals surface area contributed by atoms with Gasteiger partial charge in [0.15, 0.2) is 0 Å². The van der Waals surface area contributed by atoms with E-state index < -0.39 is 0 Å². The third-order valence-electron chi connectivity index (χ3n) is 4.78. The summed E-state index contributed by atoms with van der Waals surface area (Å²) in [5.41, 5.74) is 0. The van der Waals surface area contributed by atoms with Crippen molar-refractivity contribution < 1.29 is 5.11 Å². The molecule has 0 aromatic rings. The van der Waals surface area contributed by atoms with Crippen LogP contribution in [0.4, 0.5) is 0 Å². The average molecular weight is 196 g/mol. The van der Waals surface area contributed by atoms with Gasteiger partial charge in [0.25, 0.3) is 0 Å². The van der Waals surface area contributed by atoms with Gasteiger partial charge in [-0.1, -0.05) is 26.7 Å². The van der Waals surface area contributed by atoms with Crippen LogP contribution in [0.2, 0.25) is 0 Å². The Morgan fingerprint density at radius 2 is 1.71 bits per heavy atom. The molecular weight excluding hydrogens is 172 g/mol. The Balaban J connectivity index is 1.92. The first-order chi connectivity index (χ1) is 6.68. The topological polar surface area (TPSA) is 20.2 Å². The minimum absolute atomic E-state index is 0.0283. The summed E-state index contributed by atoms with van der Waals surface area (Å²) in [4.78, 5) is 0. The smallest absolute Gasteiger partial charge is 0.0571 e. The van der Waals surface area contributed by atoms with Crippen molar-refractivity contribution in [1.82, 2.24) is 0 Å². The monoisotopic (exact) mass is 196 g/mol. The molecule has 0 saturated heterocycles. The minimum atomic E-state index is 0.0283. The summed E-state index contributed by atoms with van der Waals surface area (Å²) in [6.07, 6.45) is 7.75. The molecule has 2 aliphatic carbocycles. The predicted octanol–water partition coefficient (Wildman–Crippen LogP) is 3.22. The van der Waals surface area contributed by atoms with Crippen LogP contribution in [0, 0.1) is 23.7 Å². The third kappa shape index (κ3) is 1.98. The molecule has 0 aromatic heterocycles. The Labute approximate surface area is 87.9 Å². The summed E-state index contributed by atoms with van der Waals surface area (Å²) in [6, 6.07) is 0. The van der Waals surface area contributed by atoms with Gasteiger partial charge in [-0.25, -0.2) is 0 Å². The van der Waals surface area contributed by atoms with Gasteiger partial charge in [0, 0.05) is 0 Å². The summed E-state index contributed by atoms with van der Waals surface area (Å²) in [6.45, 7) is 4.77. The van der Waals surface area contributed by atoms with Crippen LogP contribution in [0.5, 0.6) is 0 Å². The normalized spacial score (nSPS) is 49.5. The van der Waals surface area contributed by atoms with Gasteiger partial charge in [-0.15, -0.1) is 0 Å². The Hall–Kier alpha value is -0.0400. The van der Waals surface area contributed by atoms with E-state index in [-0.39, 0.29) is 6.10 Å². The highest BCUT2D eigenvalue weighted by atomic mass is 16.3. The van der Waals surface area contributed by atoms with Crippen molar-refractivity contribution in [2.24, 2.45) is 23.7 Å². The fourth-order valence-corrected chi connectivity index (χ4v) is 3.50. The number of hydrogen-bond acceptors (Lipinski definition) is 1. The van der Waals surface area contributed by atoms with Crippen LogP contribution in [0.1, 0.15) is 52.4 Å². The molecule has 2 fully saturated rings. The SMILES string of the molecule is CC1CCC(C2CCCC2O)CC1C. The maximum absolute atomic E-state index is 9.89. The van der Waals surface area contributed by atoms with Crippen molar-refractivity contribution in [3.63, 3.8) is 0 Å². The minimum Gasteiger partial charge on any atom is -0.393 e. The zero-order valence-corrected chi connectivity index (χ0v) is 9.58. The molecule has 2 saturated carbocycles. The Kier molecular flexibility index (Phi) is 3.16. The first-order valence-electron chi connectivity index (χ1n) is 6.36. The van der Waals surface area contributed by atoms with Crippen LogP contribution in [0.3, 0.4) is 0 Å². The van der Waals surface area contributed by atoms with Gasteiger partial charge in [-0.05, 0) is 49.4 Å². The fourth-order valence-electron chi connectivity index (χ4n) is 3.50. The molecule has 0 spiro atoms. The lowest BCUT2D eigenvalue weighted by molar-refractivity contribution is 0.0622. The third-order valence-corrected chi connectivity index (χ3v) is 4.78. The van der Waals surface area contributed by atoms with Crippen molar-refractivity contribution in [2.75, 3.05) is 0 Å². The quantitative estimate of drug-likeness (QED) is 0.682. The molecule has 1 nitrogen and oxygen atoms in total. The summed E-state index contributed by atoms with van der Waals surface area (Å²) in [7, 11) is 0. The molecule has 2 rings (SSSR count). The zero-order chi connectivity index (χ0) is 10.1. The second-order valence-corrected chi connectivity index (χ2v) is 5.69. The molecule has 0 aliphatic heterocycles. The van der Waals surface area contributed by atoms with Crippen LogP contribution in [-0.4, -0.2) is 11.2 Å². The van der Waals surface area contributed by atoms with Gasteiger partial charge < -0.3 is 5.11 Å². The second-order valence-electron chi connectivity index (χ2n) is 5.69. The van der Waals surface area contributed by atoms with Gasteiger partial charge in [0.1, 0.15) is 0 Å². The molecule has 0 bridgehead atoms. The van der Waals surface area contributed by atoms with Crippen LogP contribution in [-0.2, 0) is 0 Å². The van der Waals surface area contributed by atoms with Crippen LogP contribution >= 0.6 is 0 Å². The Morgan fingerprint density at radius 1 is 0.929 bits per heavy atom. The van der Waals surface area contributed by atoms with Crippen molar-refractivity contribution in [3.8, 4) is 0 Å². The second kappa shape index (κ2) is 4.22. The lowest BCUT2D eigenvalue weighted by Crippen LogP contribution is -2.30. The Morgan fingerprint density at radius 3 is 2.29 bits per heavy atom. The van der Waals surface area contributed by atoms with E-state index in [1.807, 2.05) is 0 Å². The molecule has 0 amide bonds. The van der Waals surface area contributed by atoms with Gasteiger partial charge >= 0.3 is 0 Å². The van der Waals surface area contributed by atoms with Gasteiger partial charge in [-0.2, -0.15) is 0 Å². The summed E-state index contributed by atoms with van der Waals surface area (Å²) >= 11 is 0. The van der Waals surface area contributed by atoms with Gasteiger partial charge in [0.2, 0.25) is 0 Å². The average Bonchev–Trinajstić information content (AvgIpc) is 2.57. The molecule has 0 radical (unpaired) electrons. The van der Waals surface area contributed by atoms with Crippen LogP contribution in [0.15, 0.2) is 0 Å². The van der Waals surface area contributed by atoms with Gasteiger partial charge in [-0.3, -0.25) is 0 Å². The van der Waals surface area contributed by atoms with Gasteiger partial charge in [0.05, 0.1) is 6.10 Å². The maximum atomic E-state index is 9.89. The van der Waals surface area contributed by atoms with E-state index in [0.29, 0.717) is 5.92 Å². The molecule has 14 heavy (non-hydrogen) atoms. The molecule has 5 unspecified atom stereocenters. The number of rotatable bonds is 1. The van der Waals surface area contributed by atoms with Crippen LogP contribution < -0.4 is 0 Å². The summed E-state index contributed by atoms with van der Waals surface area (Å²) in [5, 5.41) is 9.89. The summed E-state index contributed by atoms with van der Waals surface area (Å²) < 4.78 is 0. The number of hydrogen-bond donors (Lipinski definition) is 1. The highest BCUT2D eigenvalue weighted by Gasteiger charge is 2.36. The molecule has 0 aromatic carbocycles. The first-order valence-corrected chi connectivity index (χ1v) is 6.36. The molecule has 1 heteroatoms. The van der Waals surface area contributed by atoms with Crippen molar-refractivity contribution in [2.45, 2.75) is 58.5 Å². The fraction of sp³-hybridized carbons (Fsp3) is 1.00.